The molecule has 1 saturated heterocycles. The molecule has 0 saturated carbocycles. The van der Waals surface area contributed by atoms with E-state index >= 15 is 0 Å². The van der Waals surface area contributed by atoms with Crippen LogP contribution in [0.3, 0.4) is 0 Å². The Hall–Kier alpha value is -1.99. The Morgan fingerprint density at radius 2 is 1.82 bits per heavy atom. The Morgan fingerprint density at radius 1 is 1.09 bits per heavy atom. The quantitative estimate of drug-likeness (QED) is 0.819. The average molecular weight is 303 g/mol. The minimum Gasteiger partial charge on any atom is -0.481 e. The molecular weight excluding hydrogens is 282 g/mol. The summed E-state index contributed by atoms with van der Waals surface area (Å²) in [6.45, 7) is 7.41. The minimum atomic E-state index is 0.669. The van der Waals surface area contributed by atoms with Crippen LogP contribution in [0.5, 0.6) is 5.88 Å². The molecule has 1 aliphatic rings. The maximum atomic E-state index is 5.17. The topological polar surface area (TPSA) is 67.5 Å². The zero-order chi connectivity index (χ0) is 15.4. The van der Waals surface area contributed by atoms with Crippen molar-refractivity contribution in [2.45, 2.75) is 20.0 Å². The van der Waals surface area contributed by atoms with Gasteiger partial charge in [-0.15, -0.1) is 0 Å². The number of piperazine rings is 1. The van der Waals surface area contributed by atoms with Crippen LogP contribution in [0.2, 0.25) is 0 Å². The summed E-state index contributed by atoms with van der Waals surface area (Å²) in [5.41, 5.74) is 1.04. The second-order valence-corrected chi connectivity index (χ2v) is 5.46. The molecule has 0 bridgehead atoms. The molecule has 7 heteroatoms. The Morgan fingerprint density at radius 3 is 2.45 bits per heavy atom. The monoisotopic (exact) mass is 303 g/mol. The Kier molecular flexibility index (Phi) is 4.65. The first-order valence-electron chi connectivity index (χ1n) is 7.47. The lowest BCUT2D eigenvalue weighted by molar-refractivity contribution is 0.111. The second kappa shape index (κ2) is 6.85. The number of hydrogen-bond donors (Lipinski definition) is 0. The number of nitrogens with zero attached hydrogens (tertiary/aromatic N) is 5. The molecule has 0 unspecified atom stereocenters. The number of hydrogen-bond acceptors (Lipinski definition) is 7. The summed E-state index contributed by atoms with van der Waals surface area (Å²) in [7, 11) is 1.64. The zero-order valence-corrected chi connectivity index (χ0v) is 13.0. The summed E-state index contributed by atoms with van der Waals surface area (Å²) >= 11 is 0. The van der Waals surface area contributed by atoms with Crippen LogP contribution in [0.25, 0.3) is 0 Å². The van der Waals surface area contributed by atoms with Crippen molar-refractivity contribution in [2.75, 3.05) is 33.3 Å². The largest absolute Gasteiger partial charge is 0.481 e. The van der Waals surface area contributed by atoms with Gasteiger partial charge in [-0.25, -0.2) is 4.98 Å². The van der Waals surface area contributed by atoms with Gasteiger partial charge < -0.3 is 9.26 Å². The highest BCUT2D eigenvalue weighted by molar-refractivity contribution is 5.15. The van der Waals surface area contributed by atoms with Gasteiger partial charge in [0.05, 0.1) is 19.3 Å². The van der Waals surface area contributed by atoms with Crippen LogP contribution in [0.15, 0.2) is 22.7 Å². The van der Waals surface area contributed by atoms with Crippen molar-refractivity contribution in [3.05, 3.63) is 35.6 Å². The zero-order valence-electron chi connectivity index (χ0n) is 13.0. The highest BCUT2D eigenvalue weighted by Crippen LogP contribution is 2.12. The van der Waals surface area contributed by atoms with Crippen LogP contribution in [-0.2, 0) is 13.1 Å². The summed E-state index contributed by atoms with van der Waals surface area (Å²) in [6.07, 6.45) is 0. The molecule has 2 aromatic heterocycles. The van der Waals surface area contributed by atoms with E-state index in [0.29, 0.717) is 17.6 Å². The minimum absolute atomic E-state index is 0.669. The van der Waals surface area contributed by atoms with Gasteiger partial charge in [-0.05, 0) is 13.0 Å². The van der Waals surface area contributed by atoms with Gasteiger partial charge >= 0.3 is 0 Å². The Labute approximate surface area is 129 Å². The van der Waals surface area contributed by atoms with Gasteiger partial charge in [0, 0.05) is 38.8 Å². The van der Waals surface area contributed by atoms with Gasteiger partial charge in [-0.1, -0.05) is 11.2 Å². The van der Waals surface area contributed by atoms with Crippen molar-refractivity contribution >= 4 is 0 Å². The molecule has 0 aliphatic carbocycles. The molecule has 118 valence electrons. The molecule has 0 aromatic carbocycles. The van der Waals surface area contributed by atoms with E-state index in [2.05, 4.69) is 24.9 Å². The van der Waals surface area contributed by atoms with Crippen molar-refractivity contribution in [1.82, 2.24) is 24.9 Å². The fourth-order valence-corrected chi connectivity index (χ4v) is 2.59. The third-order valence-electron chi connectivity index (χ3n) is 3.77. The molecule has 0 spiro atoms. The standard InChI is InChI=1S/C15H21N5O2/c1-12-16-15(22-18-12)11-20-8-6-19(7-9-20)10-13-4-3-5-14(17-13)21-2/h3-5H,6-11H2,1-2H3. The maximum Gasteiger partial charge on any atom is 0.240 e. The smallest absolute Gasteiger partial charge is 0.240 e. The Bertz CT molecular complexity index is 607. The van der Waals surface area contributed by atoms with E-state index in [1.807, 2.05) is 25.1 Å². The first-order valence-corrected chi connectivity index (χ1v) is 7.47. The van der Waals surface area contributed by atoms with Gasteiger partial charge in [0.25, 0.3) is 0 Å². The normalized spacial score (nSPS) is 16.8. The van der Waals surface area contributed by atoms with Gasteiger partial charge in [-0.2, -0.15) is 4.98 Å². The van der Waals surface area contributed by atoms with E-state index in [1.165, 1.54) is 0 Å². The average Bonchev–Trinajstić information content (AvgIpc) is 2.94. The first kappa shape index (κ1) is 14.9. The van der Waals surface area contributed by atoms with Crippen molar-refractivity contribution in [3.63, 3.8) is 0 Å². The molecule has 0 radical (unpaired) electrons. The van der Waals surface area contributed by atoms with Crippen molar-refractivity contribution in [1.29, 1.82) is 0 Å². The van der Waals surface area contributed by atoms with Crippen molar-refractivity contribution in [3.8, 4) is 5.88 Å². The molecule has 3 rings (SSSR count). The third-order valence-corrected chi connectivity index (χ3v) is 3.77. The maximum absolute atomic E-state index is 5.17. The first-order chi connectivity index (χ1) is 10.7. The van der Waals surface area contributed by atoms with Crippen molar-refractivity contribution in [2.24, 2.45) is 0 Å². The second-order valence-electron chi connectivity index (χ2n) is 5.46. The molecular formula is C15H21N5O2. The Balaban J connectivity index is 1.49. The summed E-state index contributed by atoms with van der Waals surface area (Å²) in [4.78, 5) is 13.5. The number of methoxy groups -OCH3 is 1. The van der Waals surface area contributed by atoms with Crippen LogP contribution < -0.4 is 4.74 Å². The fraction of sp³-hybridized carbons (Fsp3) is 0.533. The predicted molar refractivity (Wildman–Crippen MR) is 80.4 cm³/mol. The number of aryl methyl sites for hydroxylation is 1. The SMILES string of the molecule is COc1cccc(CN2CCN(Cc3nc(C)no3)CC2)n1. The van der Waals surface area contributed by atoms with Crippen LogP contribution >= 0.6 is 0 Å². The summed E-state index contributed by atoms with van der Waals surface area (Å²) < 4.78 is 10.3. The molecule has 7 nitrogen and oxygen atoms in total. The van der Waals surface area contributed by atoms with Crippen LogP contribution in [0.1, 0.15) is 17.4 Å². The number of aromatic nitrogens is 3. The molecule has 0 amide bonds. The summed E-state index contributed by atoms with van der Waals surface area (Å²) in [5.74, 6) is 2.06. The van der Waals surface area contributed by atoms with E-state index in [4.69, 9.17) is 9.26 Å². The number of pyridine rings is 1. The lowest BCUT2D eigenvalue weighted by atomic mass is 10.2. The van der Waals surface area contributed by atoms with Crippen molar-refractivity contribution < 1.29 is 9.26 Å². The van der Waals surface area contributed by atoms with Crippen LogP contribution in [0.4, 0.5) is 0 Å². The van der Waals surface area contributed by atoms with E-state index in [9.17, 15) is 0 Å². The van der Waals surface area contributed by atoms with Gasteiger partial charge in [0.1, 0.15) is 0 Å². The van der Waals surface area contributed by atoms with E-state index in [0.717, 1.165) is 45.0 Å². The number of ether oxygens (including phenoxy) is 1. The van der Waals surface area contributed by atoms with Crippen LogP contribution in [-0.4, -0.2) is 58.2 Å². The highest BCUT2D eigenvalue weighted by Gasteiger charge is 2.19. The molecule has 3 heterocycles. The molecule has 1 aliphatic heterocycles. The molecule has 1 fully saturated rings. The molecule has 2 aromatic rings. The van der Waals surface area contributed by atoms with E-state index in [-0.39, 0.29) is 0 Å². The third kappa shape index (κ3) is 3.80. The lowest BCUT2D eigenvalue weighted by Crippen LogP contribution is -2.45. The summed E-state index contributed by atoms with van der Waals surface area (Å²) in [6, 6.07) is 5.89. The van der Waals surface area contributed by atoms with E-state index in [1.54, 1.807) is 7.11 Å². The molecule has 0 atom stereocenters. The van der Waals surface area contributed by atoms with Gasteiger partial charge in [0.2, 0.25) is 11.8 Å². The number of rotatable bonds is 5. The molecule has 22 heavy (non-hydrogen) atoms. The van der Waals surface area contributed by atoms with Gasteiger partial charge in [0.15, 0.2) is 5.82 Å². The van der Waals surface area contributed by atoms with E-state index < -0.39 is 0 Å². The summed E-state index contributed by atoms with van der Waals surface area (Å²) in [5, 5.41) is 3.83. The lowest BCUT2D eigenvalue weighted by Gasteiger charge is -2.33. The predicted octanol–water partition coefficient (Wildman–Crippen LogP) is 1.10. The fourth-order valence-electron chi connectivity index (χ4n) is 2.59. The van der Waals surface area contributed by atoms with Gasteiger partial charge in [-0.3, -0.25) is 9.80 Å². The molecule has 0 N–H and O–H groups in total. The highest BCUT2D eigenvalue weighted by atomic mass is 16.5. The van der Waals surface area contributed by atoms with Crippen LogP contribution in [0, 0.1) is 6.92 Å².